The summed E-state index contributed by atoms with van der Waals surface area (Å²) in [6.07, 6.45) is 0.594. The molecule has 2 amide bonds. The number of rotatable bonds is 5. The molecule has 0 aliphatic rings. The lowest BCUT2D eigenvalue weighted by atomic mass is 10.0. The van der Waals surface area contributed by atoms with Crippen LogP contribution in [0.25, 0.3) is 0 Å². The smallest absolute Gasteiger partial charge is 0.270 e. The largest absolute Gasteiger partial charge is 0.347 e. The van der Waals surface area contributed by atoms with Gasteiger partial charge in [-0.2, -0.15) is 0 Å². The molecule has 0 saturated carbocycles. The van der Waals surface area contributed by atoms with Crippen LogP contribution in [0.4, 0.5) is 0 Å². The molecule has 110 valence electrons. The van der Waals surface area contributed by atoms with Crippen molar-refractivity contribution in [2.24, 2.45) is 5.92 Å². The summed E-state index contributed by atoms with van der Waals surface area (Å²) in [7, 11) is 3.36. The van der Waals surface area contributed by atoms with Gasteiger partial charge in [-0.25, -0.2) is 4.98 Å². The summed E-state index contributed by atoms with van der Waals surface area (Å²) in [5.41, 5.74) is 0.291. The molecule has 0 radical (unpaired) electrons. The summed E-state index contributed by atoms with van der Waals surface area (Å²) in [6, 6.07) is 4.57. The maximum atomic E-state index is 12.2. The fourth-order valence-corrected chi connectivity index (χ4v) is 2.12. The third kappa shape index (κ3) is 4.92. The highest BCUT2D eigenvalue weighted by Gasteiger charge is 2.24. The van der Waals surface area contributed by atoms with Gasteiger partial charge in [0.2, 0.25) is 5.91 Å². The molecule has 0 aromatic carbocycles. The number of carbonyl (C=O) groups excluding carboxylic acids is 2. The molecular weight excluding hydrogens is 322 g/mol. The normalized spacial score (nSPS) is 12.1. The summed E-state index contributed by atoms with van der Waals surface area (Å²) >= 11 is 3.22. The van der Waals surface area contributed by atoms with Crippen LogP contribution < -0.4 is 5.32 Å². The van der Waals surface area contributed by atoms with Gasteiger partial charge in [0.25, 0.3) is 5.91 Å². The summed E-state index contributed by atoms with van der Waals surface area (Å²) in [5, 5.41) is 2.76. The van der Waals surface area contributed by atoms with Crippen LogP contribution in [0.2, 0.25) is 0 Å². The van der Waals surface area contributed by atoms with Crippen LogP contribution in [-0.4, -0.2) is 41.8 Å². The molecular formula is C14H20BrN3O2. The number of hydrogen-bond acceptors (Lipinski definition) is 3. The first-order chi connectivity index (χ1) is 9.31. The number of halogens is 1. The number of aromatic nitrogens is 1. The van der Waals surface area contributed by atoms with E-state index in [-0.39, 0.29) is 11.8 Å². The Morgan fingerprint density at radius 1 is 1.35 bits per heavy atom. The van der Waals surface area contributed by atoms with Crippen LogP contribution in [0.3, 0.4) is 0 Å². The van der Waals surface area contributed by atoms with Crippen LogP contribution in [0, 0.1) is 5.92 Å². The van der Waals surface area contributed by atoms with Crippen LogP contribution in [0.15, 0.2) is 22.8 Å². The van der Waals surface area contributed by atoms with Gasteiger partial charge in [0, 0.05) is 14.1 Å². The Bertz CT molecular complexity index is 489. The molecule has 0 aliphatic carbocycles. The lowest BCUT2D eigenvalue weighted by molar-refractivity contribution is -0.131. The summed E-state index contributed by atoms with van der Waals surface area (Å²) in [6.45, 7) is 4.03. The molecule has 1 atom stereocenters. The van der Waals surface area contributed by atoms with E-state index in [2.05, 4.69) is 26.2 Å². The van der Waals surface area contributed by atoms with Gasteiger partial charge < -0.3 is 10.2 Å². The summed E-state index contributed by atoms with van der Waals surface area (Å²) < 4.78 is 0.587. The third-order valence-electron chi connectivity index (χ3n) is 2.70. The summed E-state index contributed by atoms with van der Waals surface area (Å²) in [4.78, 5) is 29.8. The number of pyridine rings is 1. The van der Waals surface area contributed by atoms with Gasteiger partial charge >= 0.3 is 0 Å². The Labute approximate surface area is 127 Å². The highest BCUT2D eigenvalue weighted by atomic mass is 79.9. The Hall–Kier alpha value is -1.43. The molecule has 5 nitrogen and oxygen atoms in total. The maximum absolute atomic E-state index is 12.2. The second kappa shape index (κ2) is 7.38. The number of hydrogen-bond donors (Lipinski definition) is 1. The Kier molecular flexibility index (Phi) is 6.13. The summed E-state index contributed by atoms with van der Waals surface area (Å²) in [5.74, 6) is -0.145. The number of likely N-dealkylation sites (N-methyl/N-ethyl adjacent to an activating group) is 1. The molecule has 1 heterocycles. The lowest BCUT2D eigenvalue weighted by Crippen LogP contribution is -2.47. The fourth-order valence-electron chi connectivity index (χ4n) is 1.77. The van der Waals surface area contributed by atoms with Crippen LogP contribution in [0.1, 0.15) is 30.8 Å². The van der Waals surface area contributed by atoms with Gasteiger partial charge in [-0.3, -0.25) is 9.59 Å². The fraction of sp³-hybridized carbons (Fsp3) is 0.500. The van der Waals surface area contributed by atoms with E-state index in [1.807, 2.05) is 13.8 Å². The quantitative estimate of drug-likeness (QED) is 0.834. The minimum atomic E-state index is -0.529. The first-order valence-corrected chi connectivity index (χ1v) is 7.25. The van der Waals surface area contributed by atoms with E-state index in [1.165, 1.54) is 4.90 Å². The lowest BCUT2D eigenvalue weighted by Gasteiger charge is -2.23. The predicted octanol–water partition coefficient (Wildman–Crippen LogP) is 2.08. The average Bonchev–Trinajstić information content (AvgIpc) is 2.36. The van der Waals surface area contributed by atoms with Crippen molar-refractivity contribution in [3.05, 3.63) is 28.5 Å². The standard InChI is InChI=1S/C14H20BrN3O2/c1-9(2)8-11(14(20)18(3)4)17-13(19)10-6-5-7-12(15)16-10/h5-7,9,11H,8H2,1-4H3,(H,17,19). The highest BCUT2D eigenvalue weighted by Crippen LogP contribution is 2.10. The molecule has 0 aliphatic heterocycles. The minimum Gasteiger partial charge on any atom is -0.347 e. The average molecular weight is 342 g/mol. The van der Waals surface area contributed by atoms with Crippen molar-refractivity contribution >= 4 is 27.7 Å². The van der Waals surface area contributed by atoms with Crippen LogP contribution >= 0.6 is 15.9 Å². The number of amides is 2. The van der Waals surface area contributed by atoms with Crippen LogP contribution in [0.5, 0.6) is 0 Å². The zero-order chi connectivity index (χ0) is 15.3. The zero-order valence-corrected chi connectivity index (χ0v) is 13.8. The van der Waals surface area contributed by atoms with Crippen molar-refractivity contribution in [3.8, 4) is 0 Å². The van der Waals surface area contributed by atoms with E-state index >= 15 is 0 Å². The molecule has 0 spiro atoms. The highest BCUT2D eigenvalue weighted by molar-refractivity contribution is 9.10. The molecule has 1 unspecified atom stereocenters. The molecule has 0 bridgehead atoms. The van der Waals surface area contributed by atoms with Crippen molar-refractivity contribution in [2.75, 3.05) is 14.1 Å². The van der Waals surface area contributed by atoms with Gasteiger partial charge in [-0.1, -0.05) is 19.9 Å². The molecule has 1 aromatic heterocycles. The molecule has 0 saturated heterocycles. The second-order valence-corrected chi connectivity index (χ2v) is 6.05. The predicted molar refractivity (Wildman–Crippen MR) is 81.3 cm³/mol. The van der Waals surface area contributed by atoms with Crippen molar-refractivity contribution in [1.29, 1.82) is 0 Å². The van der Waals surface area contributed by atoms with E-state index in [0.29, 0.717) is 22.6 Å². The van der Waals surface area contributed by atoms with E-state index in [0.717, 1.165) is 0 Å². The van der Waals surface area contributed by atoms with E-state index < -0.39 is 6.04 Å². The van der Waals surface area contributed by atoms with Crippen molar-refractivity contribution in [1.82, 2.24) is 15.2 Å². The van der Waals surface area contributed by atoms with Gasteiger partial charge in [0.05, 0.1) is 0 Å². The van der Waals surface area contributed by atoms with Gasteiger partial charge in [0.1, 0.15) is 16.3 Å². The minimum absolute atomic E-state index is 0.109. The van der Waals surface area contributed by atoms with Crippen molar-refractivity contribution in [2.45, 2.75) is 26.3 Å². The van der Waals surface area contributed by atoms with E-state index in [4.69, 9.17) is 0 Å². The molecule has 1 rings (SSSR count). The maximum Gasteiger partial charge on any atom is 0.270 e. The molecule has 1 N–H and O–H groups in total. The molecule has 0 fully saturated rings. The van der Waals surface area contributed by atoms with Crippen molar-refractivity contribution < 1.29 is 9.59 Å². The Morgan fingerprint density at radius 3 is 2.50 bits per heavy atom. The molecule has 1 aromatic rings. The topological polar surface area (TPSA) is 62.3 Å². The first kappa shape index (κ1) is 16.6. The number of nitrogens with zero attached hydrogens (tertiary/aromatic N) is 2. The SMILES string of the molecule is CC(C)CC(NC(=O)c1cccc(Br)n1)C(=O)N(C)C. The first-order valence-electron chi connectivity index (χ1n) is 6.46. The number of nitrogens with one attached hydrogen (secondary N) is 1. The Balaban J connectivity index is 2.84. The van der Waals surface area contributed by atoms with Crippen molar-refractivity contribution in [3.63, 3.8) is 0 Å². The Morgan fingerprint density at radius 2 is 2.00 bits per heavy atom. The van der Waals surface area contributed by atoms with Gasteiger partial charge in [-0.05, 0) is 40.4 Å². The van der Waals surface area contributed by atoms with Crippen LogP contribution in [-0.2, 0) is 4.79 Å². The second-order valence-electron chi connectivity index (χ2n) is 5.23. The number of carbonyl (C=O) groups is 2. The monoisotopic (exact) mass is 341 g/mol. The molecule has 6 heteroatoms. The van der Waals surface area contributed by atoms with E-state index in [9.17, 15) is 9.59 Å². The van der Waals surface area contributed by atoms with Gasteiger partial charge in [0.15, 0.2) is 0 Å². The zero-order valence-electron chi connectivity index (χ0n) is 12.2. The third-order valence-corrected chi connectivity index (χ3v) is 3.14. The molecule has 20 heavy (non-hydrogen) atoms. The van der Waals surface area contributed by atoms with E-state index in [1.54, 1.807) is 32.3 Å². The van der Waals surface area contributed by atoms with Gasteiger partial charge in [-0.15, -0.1) is 0 Å².